The van der Waals surface area contributed by atoms with E-state index in [0.29, 0.717) is 6.61 Å². The van der Waals surface area contributed by atoms with E-state index in [4.69, 9.17) is 4.74 Å². The summed E-state index contributed by atoms with van der Waals surface area (Å²) in [5, 5.41) is 6.28. The first kappa shape index (κ1) is 33.6. The van der Waals surface area contributed by atoms with Crippen molar-refractivity contribution >= 4 is 17.8 Å². The Hall–Kier alpha value is -1.63. The molecule has 0 aromatic heterocycles. The van der Waals surface area contributed by atoms with Crippen LogP contribution in [0.5, 0.6) is 0 Å². The maximum atomic E-state index is 13.4. The van der Waals surface area contributed by atoms with Crippen molar-refractivity contribution in [3.8, 4) is 0 Å². The van der Waals surface area contributed by atoms with Gasteiger partial charge >= 0.3 is 5.97 Å². The molecule has 0 bridgehead atoms. The average molecular weight is 550 g/mol. The Morgan fingerprint density at radius 2 is 1.44 bits per heavy atom. The second kappa shape index (κ2) is 21.2. The van der Waals surface area contributed by atoms with Crippen molar-refractivity contribution in [2.24, 2.45) is 5.92 Å². The monoisotopic (exact) mass is 549 g/mol. The van der Waals surface area contributed by atoms with Crippen LogP contribution in [-0.2, 0) is 19.1 Å². The summed E-state index contributed by atoms with van der Waals surface area (Å²) >= 11 is 0. The van der Waals surface area contributed by atoms with E-state index in [2.05, 4.69) is 29.4 Å². The summed E-state index contributed by atoms with van der Waals surface area (Å²) in [5.41, 5.74) is 0. The third-order valence-corrected chi connectivity index (χ3v) is 8.58. The lowest BCUT2D eigenvalue weighted by atomic mass is 9.89. The normalized spacial score (nSPS) is 19.7. The second-order valence-electron chi connectivity index (χ2n) is 11.9. The van der Waals surface area contributed by atoms with Crippen molar-refractivity contribution in [2.45, 2.75) is 154 Å². The molecule has 226 valence electrons. The lowest BCUT2D eigenvalue weighted by Crippen LogP contribution is -2.56. The number of likely N-dealkylation sites (tertiary alicyclic amines) is 1. The highest BCUT2D eigenvalue weighted by Gasteiger charge is 2.34. The minimum atomic E-state index is -0.544. The van der Waals surface area contributed by atoms with Gasteiger partial charge in [0.2, 0.25) is 11.8 Å². The molecule has 39 heavy (non-hydrogen) atoms. The highest BCUT2D eigenvalue weighted by molar-refractivity contribution is 5.89. The first-order valence-electron chi connectivity index (χ1n) is 16.5. The number of unbranched alkanes of at least 4 members (excludes halogenated alkanes) is 9. The van der Waals surface area contributed by atoms with Crippen molar-refractivity contribution in [3.63, 3.8) is 0 Å². The third-order valence-electron chi connectivity index (χ3n) is 8.58. The lowest BCUT2D eigenvalue weighted by molar-refractivity contribution is -0.145. The Labute approximate surface area is 238 Å². The van der Waals surface area contributed by atoms with Gasteiger partial charge in [0, 0.05) is 24.9 Å². The predicted molar refractivity (Wildman–Crippen MR) is 158 cm³/mol. The van der Waals surface area contributed by atoms with Gasteiger partial charge in [-0.15, -0.1) is 0 Å². The van der Waals surface area contributed by atoms with Crippen molar-refractivity contribution in [3.05, 3.63) is 0 Å². The summed E-state index contributed by atoms with van der Waals surface area (Å²) in [7, 11) is 0. The summed E-state index contributed by atoms with van der Waals surface area (Å²) in [6.45, 7) is 7.63. The van der Waals surface area contributed by atoms with Crippen LogP contribution in [0.4, 0.5) is 0 Å². The molecule has 1 aliphatic carbocycles. The minimum Gasteiger partial charge on any atom is -0.466 e. The van der Waals surface area contributed by atoms with Gasteiger partial charge in [-0.3, -0.25) is 14.4 Å². The summed E-state index contributed by atoms with van der Waals surface area (Å²) in [4.78, 5) is 40.8. The number of esters is 1. The van der Waals surface area contributed by atoms with E-state index in [9.17, 15) is 14.4 Å². The molecule has 7 heteroatoms. The fourth-order valence-corrected chi connectivity index (χ4v) is 6.07. The molecular formula is C32H59N3O4. The van der Waals surface area contributed by atoms with Crippen molar-refractivity contribution in [1.29, 1.82) is 0 Å². The second-order valence-corrected chi connectivity index (χ2v) is 11.9. The number of nitrogens with zero attached hydrogens (tertiary/aromatic N) is 1. The van der Waals surface area contributed by atoms with Crippen LogP contribution in [0.25, 0.3) is 0 Å². The zero-order valence-corrected chi connectivity index (χ0v) is 25.3. The molecule has 7 nitrogen and oxygen atoms in total. The van der Waals surface area contributed by atoms with E-state index in [0.717, 1.165) is 71.0 Å². The van der Waals surface area contributed by atoms with Gasteiger partial charge in [0.05, 0.1) is 13.0 Å². The first-order valence-corrected chi connectivity index (χ1v) is 16.5. The molecule has 2 fully saturated rings. The number of piperidine rings is 1. The van der Waals surface area contributed by atoms with Crippen molar-refractivity contribution < 1.29 is 19.1 Å². The summed E-state index contributed by atoms with van der Waals surface area (Å²) < 4.78 is 5.37. The molecule has 2 atom stereocenters. The van der Waals surface area contributed by atoms with Gasteiger partial charge in [0.15, 0.2) is 0 Å². The van der Waals surface area contributed by atoms with Crippen molar-refractivity contribution in [2.75, 3.05) is 26.2 Å². The standard InChI is InChI=1S/C32H59N3O4/c1-3-5-6-7-8-9-10-11-14-17-25-39-30(37)23-22-29(36)34-31(27-19-18-24-35(4-2)26-27)32(38)33-28-20-15-12-13-16-21-28/h27-28,31H,3-26H2,1-2H3,(H,33,38)(H,34,36). The molecule has 2 unspecified atom stereocenters. The van der Waals surface area contributed by atoms with E-state index in [-0.39, 0.29) is 42.6 Å². The van der Waals surface area contributed by atoms with E-state index in [1.165, 1.54) is 64.2 Å². The van der Waals surface area contributed by atoms with E-state index in [1.807, 2.05) is 0 Å². The molecule has 1 saturated heterocycles. The van der Waals surface area contributed by atoms with Crippen LogP contribution in [0.1, 0.15) is 142 Å². The fraction of sp³-hybridized carbons (Fsp3) is 0.906. The number of hydrogen-bond donors (Lipinski definition) is 2. The summed E-state index contributed by atoms with van der Waals surface area (Å²) in [6.07, 6.45) is 21.3. The molecule has 1 heterocycles. The lowest BCUT2D eigenvalue weighted by Gasteiger charge is -2.36. The maximum Gasteiger partial charge on any atom is 0.306 e. The summed E-state index contributed by atoms with van der Waals surface area (Å²) in [6, 6.07) is -0.344. The van der Waals surface area contributed by atoms with Crippen LogP contribution in [0, 0.1) is 5.92 Å². The smallest absolute Gasteiger partial charge is 0.306 e. The van der Waals surface area contributed by atoms with Gasteiger partial charge in [-0.1, -0.05) is 97.3 Å². The zero-order valence-electron chi connectivity index (χ0n) is 25.3. The Bertz CT molecular complexity index is 678. The van der Waals surface area contributed by atoms with Crippen LogP contribution in [0.2, 0.25) is 0 Å². The van der Waals surface area contributed by atoms with Gasteiger partial charge in [-0.25, -0.2) is 0 Å². The van der Waals surface area contributed by atoms with Crippen molar-refractivity contribution in [1.82, 2.24) is 15.5 Å². The molecule has 0 aromatic carbocycles. The Kier molecular flexibility index (Phi) is 18.2. The number of ether oxygens (including phenoxy) is 1. The van der Waals surface area contributed by atoms with Gasteiger partial charge < -0.3 is 20.3 Å². The molecule has 2 aliphatic rings. The molecule has 1 saturated carbocycles. The molecule has 0 aromatic rings. The number of nitrogens with one attached hydrogen (secondary N) is 2. The van der Waals surface area contributed by atoms with Crippen LogP contribution < -0.4 is 10.6 Å². The van der Waals surface area contributed by atoms with Crippen LogP contribution in [-0.4, -0.2) is 61.0 Å². The Balaban J connectivity index is 1.68. The summed E-state index contributed by atoms with van der Waals surface area (Å²) in [5.74, 6) is -0.519. The molecule has 1 aliphatic heterocycles. The number of carbonyl (C=O) groups excluding carboxylic acids is 3. The number of carbonyl (C=O) groups is 3. The van der Waals surface area contributed by atoms with Crippen LogP contribution in [0.3, 0.4) is 0 Å². The quantitative estimate of drug-likeness (QED) is 0.112. The SMILES string of the molecule is CCCCCCCCCCCCOC(=O)CCC(=O)NC(C(=O)NC1CCCCCC1)C1CCCN(CC)C1. The predicted octanol–water partition coefficient (Wildman–Crippen LogP) is 6.29. The number of rotatable bonds is 19. The van der Waals surface area contributed by atoms with Gasteiger partial charge in [0.25, 0.3) is 0 Å². The third kappa shape index (κ3) is 15.1. The van der Waals surface area contributed by atoms with E-state index in [1.54, 1.807) is 0 Å². The minimum absolute atomic E-state index is 0.0539. The van der Waals surface area contributed by atoms with Crippen LogP contribution in [0.15, 0.2) is 0 Å². The first-order chi connectivity index (χ1) is 19.0. The maximum absolute atomic E-state index is 13.4. The number of amides is 2. The Morgan fingerprint density at radius 1 is 0.795 bits per heavy atom. The molecular weight excluding hydrogens is 490 g/mol. The zero-order chi connectivity index (χ0) is 28.1. The Morgan fingerprint density at radius 3 is 2.08 bits per heavy atom. The van der Waals surface area contributed by atoms with Gasteiger partial charge in [-0.2, -0.15) is 0 Å². The highest BCUT2D eigenvalue weighted by atomic mass is 16.5. The molecule has 2 rings (SSSR count). The fourth-order valence-electron chi connectivity index (χ4n) is 6.07. The highest BCUT2D eigenvalue weighted by Crippen LogP contribution is 2.22. The van der Waals surface area contributed by atoms with Gasteiger partial charge in [0.1, 0.15) is 6.04 Å². The number of hydrogen-bond acceptors (Lipinski definition) is 5. The van der Waals surface area contributed by atoms with Gasteiger partial charge in [-0.05, 0) is 45.2 Å². The van der Waals surface area contributed by atoms with Crippen LogP contribution >= 0.6 is 0 Å². The molecule has 2 N–H and O–H groups in total. The molecule has 2 amide bonds. The topological polar surface area (TPSA) is 87.7 Å². The molecule has 0 radical (unpaired) electrons. The average Bonchev–Trinajstić information content (AvgIpc) is 3.22. The van der Waals surface area contributed by atoms with E-state index < -0.39 is 6.04 Å². The largest absolute Gasteiger partial charge is 0.466 e. The van der Waals surface area contributed by atoms with E-state index >= 15 is 0 Å². The molecule has 0 spiro atoms.